The minimum atomic E-state index is 0.0804. The summed E-state index contributed by atoms with van der Waals surface area (Å²) in [5, 5.41) is 1.22. The van der Waals surface area contributed by atoms with Crippen LogP contribution < -0.4 is 11.5 Å². The van der Waals surface area contributed by atoms with E-state index in [0.717, 1.165) is 44.0 Å². The lowest BCUT2D eigenvalue weighted by Crippen LogP contribution is -2.47. The summed E-state index contributed by atoms with van der Waals surface area (Å²) < 4.78 is 0. The van der Waals surface area contributed by atoms with E-state index in [1.165, 1.54) is 10.9 Å². The molecule has 0 radical (unpaired) electrons. The molecule has 8 nitrogen and oxygen atoms in total. The van der Waals surface area contributed by atoms with Gasteiger partial charge in [-0.05, 0) is 50.2 Å². The number of carbonyl (C=O) groups excluding carboxylic acids is 2. The third-order valence-electron chi connectivity index (χ3n) is 6.51. The fraction of sp³-hybridized carbons (Fsp3) is 0.542. The lowest BCUT2D eigenvalue weighted by atomic mass is 9.88. The number of aromatic nitrogens is 1. The number of rotatable bonds is 9. The van der Waals surface area contributed by atoms with Crippen LogP contribution in [-0.4, -0.2) is 64.3 Å². The lowest BCUT2D eigenvalue weighted by molar-refractivity contribution is -0.135. The molecule has 1 aromatic carbocycles. The van der Waals surface area contributed by atoms with Crippen LogP contribution in [0.25, 0.3) is 10.9 Å². The number of aromatic amines is 1. The Morgan fingerprint density at radius 1 is 1.00 bits per heavy atom. The summed E-state index contributed by atoms with van der Waals surface area (Å²) in [5.74, 6) is 0.284. The molecule has 1 saturated carbocycles. The van der Waals surface area contributed by atoms with E-state index in [1.807, 2.05) is 28.1 Å². The first-order chi connectivity index (χ1) is 15.4. The third-order valence-corrected chi connectivity index (χ3v) is 6.51. The number of aliphatic imine (C=N–C) groups is 1. The second-order valence-corrected chi connectivity index (χ2v) is 8.66. The highest BCUT2D eigenvalue weighted by atomic mass is 16.2. The Morgan fingerprint density at radius 2 is 1.59 bits per heavy atom. The van der Waals surface area contributed by atoms with E-state index in [0.29, 0.717) is 19.6 Å². The average molecular weight is 441 g/mol. The smallest absolute Gasteiger partial charge is 0.219 e. The number of carbonyl (C=O) groups is 2. The molecule has 0 saturated heterocycles. The zero-order chi connectivity index (χ0) is 23.1. The first-order valence-corrected chi connectivity index (χ1v) is 11.5. The number of nitrogens with two attached hydrogens (primary N) is 2. The Kier molecular flexibility index (Phi) is 8.14. The molecule has 1 aliphatic carbocycles. The first kappa shape index (κ1) is 23.6. The van der Waals surface area contributed by atoms with Crippen LogP contribution in [0.15, 0.2) is 35.5 Å². The summed E-state index contributed by atoms with van der Waals surface area (Å²) in [7, 11) is 0. The van der Waals surface area contributed by atoms with Crippen molar-refractivity contribution in [2.45, 2.75) is 64.5 Å². The minimum Gasteiger partial charge on any atom is -0.370 e. The SMILES string of the molecule is CC(=O)N(CCCN=C(N)N)C1CCC(N(CCc2c[nH]c3ccccc23)C(C)=O)CC1. The monoisotopic (exact) mass is 440 g/mol. The second kappa shape index (κ2) is 11.0. The zero-order valence-corrected chi connectivity index (χ0v) is 19.2. The van der Waals surface area contributed by atoms with Gasteiger partial charge in [-0.25, -0.2) is 0 Å². The van der Waals surface area contributed by atoms with Crippen molar-refractivity contribution in [3.05, 3.63) is 36.0 Å². The van der Waals surface area contributed by atoms with E-state index < -0.39 is 0 Å². The van der Waals surface area contributed by atoms with Gasteiger partial charge in [-0.1, -0.05) is 18.2 Å². The highest BCUT2D eigenvalue weighted by Gasteiger charge is 2.31. The van der Waals surface area contributed by atoms with Crippen LogP contribution in [0.2, 0.25) is 0 Å². The van der Waals surface area contributed by atoms with Gasteiger partial charge in [0.05, 0.1) is 0 Å². The molecular formula is C24H36N6O2. The maximum atomic E-state index is 12.4. The van der Waals surface area contributed by atoms with Crippen molar-refractivity contribution in [1.29, 1.82) is 0 Å². The third kappa shape index (κ3) is 6.02. The van der Waals surface area contributed by atoms with Gasteiger partial charge in [0, 0.05) is 62.7 Å². The van der Waals surface area contributed by atoms with Crippen molar-refractivity contribution in [2.24, 2.45) is 16.5 Å². The highest BCUT2D eigenvalue weighted by Crippen LogP contribution is 2.28. The maximum Gasteiger partial charge on any atom is 0.219 e. The Bertz CT molecular complexity index is 941. The second-order valence-electron chi connectivity index (χ2n) is 8.66. The van der Waals surface area contributed by atoms with Crippen molar-refractivity contribution in [2.75, 3.05) is 19.6 Å². The van der Waals surface area contributed by atoms with Crippen molar-refractivity contribution in [3.8, 4) is 0 Å². The summed E-state index contributed by atoms with van der Waals surface area (Å²) in [4.78, 5) is 35.9. The summed E-state index contributed by atoms with van der Waals surface area (Å²) >= 11 is 0. The van der Waals surface area contributed by atoms with Gasteiger partial charge in [0.15, 0.2) is 5.96 Å². The van der Waals surface area contributed by atoms with Crippen LogP contribution in [0.4, 0.5) is 0 Å². The molecule has 0 aliphatic heterocycles. The van der Waals surface area contributed by atoms with Crippen molar-refractivity contribution in [1.82, 2.24) is 14.8 Å². The number of nitrogens with zero attached hydrogens (tertiary/aromatic N) is 3. The number of benzene rings is 1. The summed E-state index contributed by atoms with van der Waals surface area (Å²) in [6, 6.07) is 8.69. The van der Waals surface area contributed by atoms with E-state index in [2.05, 4.69) is 22.1 Å². The fourth-order valence-corrected chi connectivity index (χ4v) is 4.90. The Balaban J connectivity index is 1.55. The molecule has 8 heteroatoms. The summed E-state index contributed by atoms with van der Waals surface area (Å²) in [6.07, 6.45) is 7.25. The molecular weight excluding hydrogens is 404 g/mol. The molecule has 1 aromatic heterocycles. The predicted octanol–water partition coefficient (Wildman–Crippen LogP) is 2.38. The lowest BCUT2D eigenvalue weighted by Gasteiger charge is -2.40. The van der Waals surface area contributed by atoms with Gasteiger partial charge in [-0.15, -0.1) is 0 Å². The molecule has 174 valence electrons. The zero-order valence-electron chi connectivity index (χ0n) is 19.2. The van der Waals surface area contributed by atoms with Crippen LogP contribution in [0.3, 0.4) is 0 Å². The molecule has 1 aliphatic rings. The van der Waals surface area contributed by atoms with E-state index in [1.54, 1.807) is 13.8 Å². The van der Waals surface area contributed by atoms with Crippen LogP contribution in [-0.2, 0) is 16.0 Å². The number of amides is 2. The van der Waals surface area contributed by atoms with E-state index >= 15 is 0 Å². The quantitative estimate of drug-likeness (QED) is 0.315. The van der Waals surface area contributed by atoms with Crippen LogP contribution in [0.5, 0.6) is 0 Å². The van der Waals surface area contributed by atoms with E-state index in [-0.39, 0.29) is 29.9 Å². The van der Waals surface area contributed by atoms with Crippen molar-refractivity contribution in [3.63, 3.8) is 0 Å². The summed E-state index contributed by atoms with van der Waals surface area (Å²) in [5.41, 5.74) is 13.1. The number of para-hydroxylation sites is 1. The number of hydrogen-bond donors (Lipinski definition) is 3. The molecule has 0 spiro atoms. The number of H-pyrrole nitrogens is 1. The van der Waals surface area contributed by atoms with Crippen LogP contribution in [0.1, 0.15) is 51.5 Å². The topological polar surface area (TPSA) is 121 Å². The molecule has 0 atom stereocenters. The van der Waals surface area contributed by atoms with Gasteiger partial charge < -0.3 is 26.3 Å². The van der Waals surface area contributed by atoms with Gasteiger partial charge in [0.1, 0.15) is 0 Å². The molecule has 0 bridgehead atoms. The van der Waals surface area contributed by atoms with E-state index in [9.17, 15) is 9.59 Å². The van der Waals surface area contributed by atoms with E-state index in [4.69, 9.17) is 11.5 Å². The predicted molar refractivity (Wildman–Crippen MR) is 128 cm³/mol. The molecule has 5 N–H and O–H groups in total. The molecule has 0 unspecified atom stereocenters. The van der Waals surface area contributed by atoms with Crippen molar-refractivity contribution < 1.29 is 9.59 Å². The normalized spacial score (nSPS) is 18.3. The van der Waals surface area contributed by atoms with Crippen LogP contribution >= 0.6 is 0 Å². The van der Waals surface area contributed by atoms with Crippen molar-refractivity contribution >= 4 is 28.7 Å². The molecule has 2 aromatic rings. The molecule has 1 fully saturated rings. The first-order valence-electron chi connectivity index (χ1n) is 11.5. The largest absolute Gasteiger partial charge is 0.370 e. The Morgan fingerprint density at radius 3 is 2.19 bits per heavy atom. The number of hydrogen-bond acceptors (Lipinski definition) is 3. The summed E-state index contributed by atoms with van der Waals surface area (Å²) in [6.45, 7) is 5.16. The molecule has 1 heterocycles. The van der Waals surface area contributed by atoms with Gasteiger partial charge in [0.2, 0.25) is 11.8 Å². The molecule has 2 amide bonds. The van der Waals surface area contributed by atoms with Crippen LogP contribution in [0, 0.1) is 0 Å². The number of nitrogens with one attached hydrogen (secondary N) is 1. The minimum absolute atomic E-state index is 0.0804. The molecule has 3 rings (SSSR count). The number of fused-ring (bicyclic) bond motifs is 1. The van der Waals surface area contributed by atoms with Gasteiger partial charge in [0.25, 0.3) is 0 Å². The standard InChI is InChI=1S/C24H36N6O2/c1-17(31)29(14-5-13-27-24(25)26)20-8-10-21(11-9-20)30(18(2)32)15-12-19-16-28-23-7-4-3-6-22(19)23/h3-4,6-7,16,20-21,28H,5,8-15H2,1-2H3,(H4,25,26,27). The molecule has 32 heavy (non-hydrogen) atoms. The number of guanidine groups is 1. The van der Waals surface area contributed by atoms with Gasteiger partial charge >= 0.3 is 0 Å². The van der Waals surface area contributed by atoms with Gasteiger partial charge in [-0.3, -0.25) is 14.6 Å². The average Bonchev–Trinajstić information content (AvgIpc) is 3.17. The fourth-order valence-electron chi connectivity index (χ4n) is 4.90. The maximum absolute atomic E-state index is 12.4. The van der Waals surface area contributed by atoms with Gasteiger partial charge in [-0.2, -0.15) is 0 Å². The Hall–Kier alpha value is -3.03. The highest BCUT2D eigenvalue weighted by molar-refractivity contribution is 5.83. The Labute approximate surface area is 190 Å².